The minimum Gasteiger partial charge on any atom is -0.469 e. The summed E-state index contributed by atoms with van der Waals surface area (Å²) in [5.41, 5.74) is 0.779. The number of ether oxygens (including phenoxy) is 1. The predicted octanol–water partition coefficient (Wildman–Crippen LogP) is 3.91. The lowest BCUT2D eigenvalue weighted by Crippen LogP contribution is -2.57. The molecule has 0 aromatic heterocycles. The first-order valence-electron chi connectivity index (χ1n) is 9.49. The Morgan fingerprint density at radius 2 is 2.04 bits per heavy atom. The number of allylic oxidation sites excluding steroid dienone is 2. The van der Waals surface area contributed by atoms with Crippen LogP contribution in [0.15, 0.2) is 11.6 Å². The first-order chi connectivity index (χ1) is 11.5. The third kappa shape index (κ3) is 3.69. The molecule has 0 spiro atoms. The fraction of sp³-hybridized carbons (Fsp3) is 0.810. The van der Waals surface area contributed by atoms with Gasteiger partial charge in [0.25, 0.3) is 0 Å². The van der Waals surface area contributed by atoms with E-state index in [9.17, 15) is 14.7 Å². The lowest BCUT2D eigenvalue weighted by atomic mass is 9.47. The Morgan fingerprint density at radius 3 is 2.64 bits per heavy atom. The normalized spacial score (nSPS) is 35.6. The van der Waals surface area contributed by atoms with Crippen LogP contribution in [0.3, 0.4) is 0 Å². The summed E-state index contributed by atoms with van der Waals surface area (Å²) in [6.45, 7) is 10.5. The van der Waals surface area contributed by atoms with Gasteiger partial charge in [0, 0.05) is 11.8 Å². The van der Waals surface area contributed by atoms with E-state index in [2.05, 4.69) is 26.8 Å². The van der Waals surface area contributed by atoms with Crippen molar-refractivity contribution in [1.82, 2.24) is 0 Å². The largest absolute Gasteiger partial charge is 0.469 e. The van der Waals surface area contributed by atoms with Crippen LogP contribution in [0.4, 0.5) is 0 Å². The van der Waals surface area contributed by atoms with Crippen molar-refractivity contribution in [1.29, 1.82) is 0 Å². The van der Waals surface area contributed by atoms with Gasteiger partial charge < -0.3 is 9.84 Å². The third-order valence-corrected chi connectivity index (χ3v) is 6.95. The standard InChI is InChI=1S/C21H34O4/c1-13(11-18(23)25-6)7-9-15-14(2)8-10-17-20(3,4)19(24)16(22)12-21(15,17)5/h8,13,15-17,22H,7,9-12H2,1-6H3. The SMILES string of the molecule is COC(=O)CC(C)CCC1C(C)=CCC2C(C)(C)C(=O)C(O)CC12C. The quantitative estimate of drug-likeness (QED) is 0.603. The van der Waals surface area contributed by atoms with Gasteiger partial charge in [0.1, 0.15) is 6.10 Å². The van der Waals surface area contributed by atoms with Gasteiger partial charge in [0.2, 0.25) is 0 Å². The molecule has 1 N–H and O–H groups in total. The van der Waals surface area contributed by atoms with Crippen LogP contribution in [0.2, 0.25) is 0 Å². The van der Waals surface area contributed by atoms with Crippen molar-refractivity contribution < 1.29 is 19.4 Å². The number of esters is 1. The average molecular weight is 350 g/mol. The molecule has 142 valence electrons. The van der Waals surface area contributed by atoms with E-state index in [1.165, 1.54) is 12.7 Å². The molecule has 4 nitrogen and oxygen atoms in total. The van der Waals surface area contributed by atoms with Crippen molar-refractivity contribution in [2.45, 2.75) is 72.8 Å². The van der Waals surface area contributed by atoms with Gasteiger partial charge in [0.05, 0.1) is 7.11 Å². The predicted molar refractivity (Wildman–Crippen MR) is 97.9 cm³/mol. The second kappa shape index (κ2) is 7.22. The number of carbonyl (C=O) groups is 2. The van der Waals surface area contributed by atoms with Crippen molar-refractivity contribution in [2.75, 3.05) is 7.11 Å². The molecule has 1 fully saturated rings. The van der Waals surface area contributed by atoms with E-state index in [0.29, 0.717) is 18.8 Å². The molecule has 0 aromatic rings. The molecule has 5 atom stereocenters. The van der Waals surface area contributed by atoms with Crippen molar-refractivity contribution >= 4 is 11.8 Å². The Morgan fingerprint density at radius 1 is 1.40 bits per heavy atom. The fourth-order valence-corrected chi connectivity index (χ4v) is 5.47. The number of aliphatic hydroxyl groups is 1. The number of hydrogen-bond acceptors (Lipinski definition) is 4. The summed E-state index contributed by atoms with van der Waals surface area (Å²) in [5, 5.41) is 10.4. The van der Waals surface area contributed by atoms with Gasteiger partial charge in [-0.25, -0.2) is 0 Å². The van der Waals surface area contributed by atoms with Crippen LogP contribution < -0.4 is 0 Å². The number of rotatable bonds is 5. The zero-order valence-corrected chi connectivity index (χ0v) is 16.6. The van der Waals surface area contributed by atoms with E-state index >= 15 is 0 Å². The van der Waals surface area contributed by atoms with Crippen LogP contribution in [-0.4, -0.2) is 30.1 Å². The van der Waals surface area contributed by atoms with Gasteiger partial charge in [0.15, 0.2) is 5.78 Å². The Labute approximate surface area is 152 Å². The summed E-state index contributed by atoms with van der Waals surface area (Å²) >= 11 is 0. The minimum absolute atomic E-state index is 0.0132. The van der Waals surface area contributed by atoms with Crippen LogP contribution in [0.25, 0.3) is 0 Å². The molecule has 0 heterocycles. The topological polar surface area (TPSA) is 63.6 Å². The minimum atomic E-state index is -0.864. The van der Waals surface area contributed by atoms with Crippen molar-refractivity contribution in [3.63, 3.8) is 0 Å². The molecular weight excluding hydrogens is 316 g/mol. The van der Waals surface area contributed by atoms with Crippen LogP contribution >= 0.6 is 0 Å². The molecular formula is C21H34O4. The summed E-state index contributed by atoms with van der Waals surface area (Å²) in [5.74, 6) is 0.689. The highest BCUT2D eigenvalue weighted by Gasteiger charge is 2.57. The molecule has 0 aliphatic heterocycles. The van der Waals surface area contributed by atoms with Crippen LogP contribution in [-0.2, 0) is 14.3 Å². The maximum Gasteiger partial charge on any atom is 0.305 e. The summed E-state index contributed by atoms with van der Waals surface area (Å²) < 4.78 is 4.77. The first-order valence-corrected chi connectivity index (χ1v) is 9.49. The molecule has 5 unspecified atom stereocenters. The zero-order chi connectivity index (χ0) is 19.0. The van der Waals surface area contributed by atoms with Gasteiger partial charge >= 0.3 is 5.97 Å². The van der Waals surface area contributed by atoms with Gasteiger partial charge in [-0.3, -0.25) is 9.59 Å². The highest BCUT2D eigenvalue weighted by Crippen LogP contribution is 2.59. The maximum atomic E-state index is 12.5. The van der Waals surface area contributed by atoms with Crippen LogP contribution in [0, 0.1) is 28.6 Å². The monoisotopic (exact) mass is 350 g/mol. The van der Waals surface area contributed by atoms with Crippen LogP contribution in [0.1, 0.15) is 66.7 Å². The van der Waals surface area contributed by atoms with Crippen molar-refractivity contribution in [3.8, 4) is 0 Å². The van der Waals surface area contributed by atoms with E-state index in [1.54, 1.807) is 0 Å². The molecule has 0 amide bonds. The molecule has 0 bridgehead atoms. The Bertz CT molecular complexity index is 562. The number of methoxy groups -OCH3 is 1. The highest BCUT2D eigenvalue weighted by atomic mass is 16.5. The van der Waals surface area contributed by atoms with Crippen LogP contribution in [0.5, 0.6) is 0 Å². The average Bonchev–Trinajstić information content (AvgIpc) is 2.51. The lowest BCUT2D eigenvalue weighted by Gasteiger charge is -2.57. The van der Waals surface area contributed by atoms with Crippen molar-refractivity contribution in [3.05, 3.63) is 11.6 Å². The molecule has 2 rings (SSSR count). The second-order valence-corrected chi connectivity index (χ2v) is 9.06. The number of Topliss-reactive ketones (excluding diaryl/α,β-unsaturated/α-hetero) is 1. The van der Waals surface area contributed by atoms with E-state index < -0.39 is 11.5 Å². The number of hydrogen-bond donors (Lipinski definition) is 1. The summed E-state index contributed by atoms with van der Waals surface area (Å²) in [4.78, 5) is 24.0. The van der Waals surface area contributed by atoms with Gasteiger partial charge in [-0.05, 0) is 55.8 Å². The van der Waals surface area contributed by atoms with Gasteiger partial charge in [-0.1, -0.05) is 39.3 Å². The second-order valence-electron chi connectivity index (χ2n) is 9.06. The zero-order valence-electron chi connectivity index (χ0n) is 16.6. The molecule has 0 radical (unpaired) electrons. The molecule has 25 heavy (non-hydrogen) atoms. The van der Waals surface area contributed by atoms with E-state index in [0.717, 1.165) is 19.3 Å². The smallest absolute Gasteiger partial charge is 0.305 e. The fourth-order valence-electron chi connectivity index (χ4n) is 5.47. The molecule has 1 saturated carbocycles. The third-order valence-electron chi connectivity index (χ3n) is 6.95. The summed E-state index contributed by atoms with van der Waals surface area (Å²) in [6, 6.07) is 0. The molecule has 2 aliphatic rings. The number of fused-ring (bicyclic) bond motifs is 1. The molecule has 0 saturated heterocycles. The molecule has 0 aromatic carbocycles. The Balaban J connectivity index is 2.19. The summed E-state index contributed by atoms with van der Waals surface area (Å²) in [7, 11) is 1.43. The highest BCUT2D eigenvalue weighted by molar-refractivity contribution is 5.89. The maximum absolute atomic E-state index is 12.5. The first kappa shape index (κ1) is 20.2. The Hall–Kier alpha value is -1.16. The van der Waals surface area contributed by atoms with E-state index in [-0.39, 0.29) is 29.0 Å². The van der Waals surface area contributed by atoms with E-state index in [4.69, 9.17) is 4.74 Å². The van der Waals surface area contributed by atoms with Gasteiger partial charge in [-0.2, -0.15) is 0 Å². The molecule has 2 aliphatic carbocycles. The molecule has 4 heteroatoms. The number of ketones is 1. The lowest BCUT2D eigenvalue weighted by molar-refractivity contribution is -0.158. The number of aliphatic hydroxyl groups excluding tert-OH is 1. The van der Waals surface area contributed by atoms with Crippen molar-refractivity contribution in [2.24, 2.45) is 28.6 Å². The summed E-state index contributed by atoms with van der Waals surface area (Å²) in [6.07, 6.45) is 5.23. The van der Waals surface area contributed by atoms with E-state index in [1.807, 2.05) is 13.8 Å². The number of carbonyl (C=O) groups excluding carboxylic acids is 2. The Kier molecular flexibility index (Phi) is 5.82. The van der Waals surface area contributed by atoms with Gasteiger partial charge in [-0.15, -0.1) is 0 Å².